The van der Waals surface area contributed by atoms with Crippen molar-refractivity contribution >= 4 is 39.4 Å². The molecule has 36 heavy (non-hydrogen) atoms. The smallest absolute Gasteiger partial charge is 0.309 e. The van der Waals surface area contributed by atoms with E-state index in [1.54, 1.807) is 55.6 Å². The van der Waals surface area contributed by atoms with E-state index in [2.05, 4.69) is 0 Å². The molecule has 4 atom stereocenters. The zero-order valence-electron chi connectivity index (χ0n) is 20.2. The third-order valence-corrected chi connectivity index (χ3v) is 10.1. The van der Waals surface area contributed by atoms with E-state index in [-0.39, 0.29) is 4.90 Å². The van der Waals surface area contributed by atoms with Gasteiger partial charge in [0.15, 0.2) is 0 Å². The second kappa shape index (κ2) is 10.8. The molecule has 3 aromatic rings. The van der Waals surface area contributed by atoms with Crippen LogP contribution < -0.4 is 4.74 Å². The molecule has 1 N–H and O–H groups in total. The molecule has 190 valence electrons. The molecule has 0 spiro atoms. The van der Waals surface area contributed by atoms with E-state index in [9.17, 15) is 18.3 Å². The Labute approximate surface area is 221 Å². The molecule has 0 saturated carbocycles. The van der Waals surface area contributed by atoms with Crippen molar-refractivity contribution in [1.29, 1.82) is 0 Å². The molecule has 1 heterocycles. The molecule has 0 amide bonds. The number of methoxy groups -OCH3 is 1. The van der Waals surface area contributed by atoms with Crippen LogP contribution in [0.25, 0.3) is 0 Å². The number of halogens is 1. The first kappa shape index (κ1) is 26.5. The zero-order chi connectivity index (χ0) is 26.0. The van der Waals surface area contributed by atoms with Gasteiger partial charge in [0.25, 0.3) is 0 Å². The van der Waals surface area contributed by atoms with Gasteiger partial charge in [-0.2, -0.15) is 4.31 Å². The van der Waals surface area contributed by atoms with Crippen molar-refractivity contribution in [2.75, 3.05) is 7.11 Å². The Hall–Kier alpha value is -2.52. The molecule has 0 radical (unpaired) electrons. The standard InChI is InChI=1S/C27H28ClNO5S2/c1-4-23-26(35-21-12-10-20(34-3)11-13-21)24(27(30)31)25(18-6-5-7-19(28)16-18)29(23)36(32,33)22-14-8-17(2)9-15-22/h5-16,23-26H,4H2,1-3H3,(H,30,31)/t23-,24+,25+,26-/m1/s1. The van der Waals surface area contributed by atoms with Gasteiger partial charge < -0.3 is 9.84 Å². The average Bonchev–Trinajstić information content (AvgIpc) is 3.19. The van der Waals surface area contributed by atoms with E-state index in [4.69, 9.17) is 16.3 Å². The molecule has 0 unspecified atom stereocenters. The van der Waals surface area contributed by atoms with E-state index in [0.717, 1.165) is 10.5 Å². The highest BCUT2D eigenvalue weighted by molar-refractivity contribution is 8.00. The maximum absolute atomic E-state index is 14.1. The highest BCUT2D eigenvalue weighted by Gasteiger charge is 2.57. The lowest BCUT2D eigenvalue weighted by Gasteiger charge is -2.30. The Bertz CT molecular complexity index is 1330. The fourth-order valence-corrected chi connectivity index (χ4v) is 8.47. The third kappa shape index (κ3) is 5.13. The summed E-state index contributed by atoms with van der Waals surface area (Å²) in [5.41, 5.74) is 1.49. The number of benzene rings is 3. The minimum atomic E-state index is -4.04. The molecule has 1 aliphatic rings. The van der Waals surface area contributed by atoms with E-state index < -0.39 is 39.2 Å². The van der Waals surface area contributed by atoms with E-state index >= 15 is 0 Å². The van der Waals surface area contributed by atoms with E-state index in [1.165, 1.54) is 16.1 Å². The largest absolute Gasteiger partial charge is 0.497 e. The van der Waals surface area contributed by atoms with Crippen molar-refractivity contribution in [3.05, 3.63) is 88.9 Å². The summed E-state index contributed by atoms with van der Waals surface area (Å²) in [6.07, 6.45) is 0.444. The number of carboxylic acid groups (broad SMARTS) is 1. The van der Waals surface area contributed by atoms with Gasteiger partial charge in [-0.1, -0.05) is 48.4 Å². The van der Waals surface area contributed by atoms with Crippen molar-refractivity contribution in [2.24, 2.45) is 5.92 Å². The molecular formula is C27H28ClNO5S2. The van der Waals surface area contributed by atoms with Crippen LogP contribution >= 0.6 is 23.4 Å². The molecule has 1 aliphatic heterocycles. The van der Waals surface area contributed by atoms with Crippen molar-refractivity contribution < 1.29 is 23.1 Å². The normalized spacial score (nSPS) is 22.4. The minimum absolute atomic E-state index is 0.137. The SMILES string of the molecule is CC[C@@H]1[C@@H](Sc2ccc(OC)cc2)[C@@H](C(=O)O)[C@H](c2cccc(Cl)c2)N1S(=O)(=O)c1ccc(C)cc1. The lowest BCUT2D eigenvalue weighted by atomic mass is 9.93. The summed E-state index contributed by atoms with van der Waals surface area (Å²) in [7, 11) is -2.46. The Balaban J connectivity index is 1.88. The van der Waals surface area contributed by atoms with Gasteiger partial charge in [-0.25, -0.2) is 8.42 Å². The first-order valence-electron chi connectivity index (χ1n) is 11.6. The van der Waals surface area contributed by atoms with Crippen LogP contribution in [0.3, 0.4) is 0 Å². The molecule has 1 fully saturated rings. The van der Waals surface area contributed by atoms with Crippen LogP contribution in [0.2, 0.25) is 5.02 Å². The van der Waals surface area contributed by atoms with Gasteiger partial charge in [0.2, 0.25) is 10.0 Å². The van der Waals surface area contributed by atoms with Crippen molar-refractivity contribution in [3.8, 4) is 5.75 Å². The second-order valence-electron chi connectivity index (χ2n) is 8.75. The molecular weight excluding hydrogens is 518 g/mol. The van der Waals surface area contributed by atoms with Gasteiger partial charge in [0.05, 0.1) is 24.0 Å². The van der Waals surface area contributed by atoms with Gasteiger partial charge in [-0.05, 0) is 67.4 Å². The molecule has 1 saturated heterocycles. The number of sulfonamides is 1. The summed E-state index contributed by atoms with van der Waals surface area (Å²) in [5, 5.41) is 10.3. The van der Waals surface area contributed by atoms with Crippen molar-refractivity contribution in [2.45, 2.75) is 47.4 Å². The molecule has 3 aromatic carbocycles. The van der Waals surface area contributed by atoms with Crippen molar-refractivity contribution in [3.63, 3.8) is 0 Å². The molecule has 0 bridgehead atoms. The van der Waals surface area contributed by atoms with Gasteiger partial charge in [-0.15, -0.1) is 11.8 Å². The lowest BCUT2D eigenvalue weighted by Crippen LogP contribution is -2.39. The van der Waals surface area contributed by atoms with E-state index in [0.29, 0.717) is 22.8 Å². The highest BCUT2D eigenvalue weighted by atomic mass is 35.5. The fraction of sp³-hybridized carbons (Fsp3) is 0.296. The summed E-state index contributed by atoms with van der Waals surface area (Å²) < 4.78 is 34.9. The molecule has 0 aliphatic carbocycles. The predicted molar refractivity (Wildman–Crippen MR) is 142 cm³/mol. The van der Waals surface area contributed by atoms with Crippen LogP contribution in [0.15, 0.2) is 82.6 Å². The number of nitrogens with zero attached hydrogens (tertiary/aromatic N) is 1. The van der Waals surface area contributed by atoms with Crippen LogP contribution in [0.5, 0.6) is 5.75 Å². The predicted octanol–water partition coefficient (Wildman–Crippen LogP) is 6.04. The molecule has 6 nitrogen and oxygen atoms in total. The molecule has 4 rings (SSSR count). The van der Waals surface area contributed by atoms with Crippen LogP contribution in [0.4, 0.5) is 0 Å². The number of aliphatic carboxylic acids is 1. The summed E-state index contributed by atoms with van der Waals surface area (Å²) >= 11 is 7.66. The van der Waals surface area contributed by atoms with Gasteiger partial charge in [-0.3, -0.25) is 4.79 Å². The molecule has 9 heteroatoms. The maximum Gasteiger partial charge on any atom is 0.309 e. The number of aryl methyl sites for hydroxylation is 1. The monoisotopic (exact) mass is 545 g/mol. The van der Waals surface area contributed by atoms with Crippen LogP contribution in [-0.4, -0.2) is 42.2 Å². The summed E-state index contributed by atoms with van der Waals surface area (Å²) in [5.74, 6) is -1.36. The van der Waals surface area contributed by atoms with Crippen LogP contribution in [0, 0.1) is 12.8 Å². The molecule has 0 aromatic heterocycles. The first-order chi connectivity index (χ1) is 17.2. The van der Waals surface area contributed by atoms with Crippen LogP contribution in [-0.2, 0) is 14.8 Å². The zero-order valence-corrected chi connectivity index (χ0v) is 22.6. The summed E-state index contributed by atoms with van der Waals surface area (Å²) in [4.78, 5) is 13.8. The number of hydrogen-bond acceptors (Lipinski definition) is 5. The summed E-state index contributed by atoms with van der Waals surface area (Å²) in [6, 6.07) is 19.3. The Morgan fingerprint density at radius 3 is 2.31 bits per heavy atom. The second-order valence-corrected chi connectivity index (χ2v) is 12.3. The van der Waals surface area contributed by atoms with Gasteiger partial charge >= 0.3 is 5.97 Å². The Kier molecular flexibility index (Phi) is 7.99. The Morgan fingerprint density at radius 1 is 1.08 bits per heavy atom. The van der Waals surface area contributed by atoms with Gasteiger partial charge in [0.1, 0.15) is 5.75 Å². The Morgan fingerprint density at radius 2 is 1.75 bits per heavy atom. The lowest BCUT2D eigenvalue weighted by molar-refractivity contribution is -0.142. The average molecular weight is 546 g/mol. The number of hydrogen-bond donors (Lipinski definition) is 1. The number of carbonyl (C=O) groups is 1. The number of ether oxygens (including phenoxy) is 1. The first-order valence-corrected chi connectivity index (χ1v) is 14.3. The van der Waals surface area contributed by atoms with E-state index in [1.807, 2.05) is 38.1 Å². The summed E-state index contributed by atoms with van der Waals surface area (Å²) in [6.45, 7) is 3.78. The minimum Gasteiger partial charge on any atom is -0.497 e. The van der Waals surface area contributed by atoms with Crippen molar-refractivity contribution in [1.82, 2.24) is 4.31 Å². The number of rotatable bonds is 8. The maximum atomic E-state index is 14.1. The highest BCUT2D eigenvalue weighted by Crippen LogP contribution is 2.51. The van der Waals surface area contributed by atoms with Crippen LogP contribution in [0.1, 0.15) is 30.5 Å². The fourth-order valence-electron chi connectivity index (χ4n) is 4.78. The third-order valence-electron chi connectivity index (χ3n) is 6.50. The quantitative estimate of drug-likeness (QED) is 0.371. The number of carboxylic acids is 1. The van der Waals surface area contributed by atoms with Gasteiger partial charge in [0, 0.05) is 21.2 Å². The topological polar surface area (TPSA) is 83.9 Å². The number of thioether (sulfide) groups is 1.